The molecule has 0 unspecified atom stereocenters. The maximum Gasteiger partial charge on any atom is 0.416 e. The van der Waals surface area contributed by atoms with E-state index in [1.54, 1.807) is 0 Å². The molecule has 2 aromatic heterocycles. The largest absolute Gasteiger partial charge is 0.416 e. The Bertz CT molecular complexity index is 1200. The quantitative estimate of drug-likeness (QED) is 0.720. The van der Waals surface area contributed by atoms with E-state index in [4.69, 9.17) is 0 Å². The van der Waals surface area contributed by atoms with Gasteiger partial charge in [-0.2, -0.15) is 13.2 Å². The molecule has 0 aliphatic rings. The molecule has 10 heteroatoms. The van der Waals surface area contributed by atoms with Gasteiger partial charge in [0.1, 0.15) is 11.3 Å². The van der Waals surface area contributed by atoms with Gasteiger partial charge in [0, 0.05) is 7.05 Å². The van der Waals surface area contributed by atoms with Crippen molar-refractivity contribution in [2.24, 2.45) is 7.05 Å². The van der Waals surface area contributed by atoms with Crippen LogP contribution < -0.4 is 16.8 Å². The van der Waals surface area contributed by atoms with Gasteiger partial charge in [-0.3, -0.25) is 19.1 Å². The number of hydrogen-bond acceptors (Lipinski definition) is 4. The monoisotopic (exact) mass is 364 g/mol. The zero-order chi connectivity index (χ0) is 19.1. The molecule has 0 amide bonds. The smallest absolute Gasteiger partial charge is 0.305 e. The first-order chi connectivity index (χ1) is 12.2. The molecule has 2 heterocycles. The average Bonchev–Trinajstić information content (AvgIpc) is 2.58. The highest BCUT2D eigenvalue weighted by Gasteiger charge is 2.30. The Morgan fingerprint density at radius 1 is 1.08 bits per heavy atom. The van der Waals surface area contributed by atoms with E-state index < -0.39 is 28.5 Å². The van der Waals surface area contributed by atoms with Gasteiger partial charge < -0.3 is 4.98 Å². The first-order valence-electron chi connectivity index (χ1n) is 7.25. The Morgan fingerprint density at radius 3 is 2.50 bits per heavy atom. The van der Waals surface area contributed by atoms with Crippen molar-refractivity contribution < 1.29 is 13.2 Å². The molecule has 7 nitrogen and oxygen atoms in total. The maximum atomic E-state index is 12.7. The van der Waals surface area contributed by atoms with Crippen molar-refractivity contribution in [1.82, 2.24) is 19.5 Å². The van der Waals surface area contributed by atoms with Crippen LogP contribution >= 0.6 is 0 Å². The summed E-state index contributed by atoms with van der Waals surface area (Å²) in [4.78, 5) is 43.8. The Hall–Kier alpha value is -3.43. The summed E-state index contributed by atoms with van der Waals surface area (Å²) in [5.74, 6) is 0. The minimum Gasteiger partial charge on any atom is -0.305 e. The fourth-order valence-electron chi connectivity index (χ4n) is 2.30. The number of benzene rings is 1. The third-order valence-corrected chi connectivity index (χ3v) is 3.64. The van der Waals surface area contributed by atoms with Crippen molar-refractivity contribution in [2.45, 2.75) is 6.18 Å². The Morgan fingerprint density at radius 2 is 1.81 bits per heavy atom. The van der Waals surface area contributed by atoms with Gasteiger partial charge >= 0.3 is 11.9 Å². The summed E-state index contributed by atoms with van der Waals surface area (Å²) in [7, 11) is 1.34. The van der Waals surface area contributed by atoms with Gasteiger partial charge in [0.05, 0.1) is 5.56 Å². The summed E-state index contributed by atoms with van der Waals surface area (Å²) in [5, 5.41) is 0. The Kier molecular flexibility index (Phi) is 4.10. The van der Waals surface area contributed by atoms with Crippen LogP contribution in [0.2, 0.25) is 0 Å². The molecule has 0 saturated carbocycles. The van der Waals surface area contributed by atoms with E-state index in [0.717, 1.165) is 16.7 Å². The van der Waals surface area contributed by atoms with Crippen LogP contribution in [0.3, 0.4) is 0 Å². The lowest BCUT2D eigenvalue weighted by Gasteiger charge is -2.06. The van der Waals surface area contributed by atoms with Gasteiger partial charge in [0.25, 0.3) is 11.1 Å². The molecular weight excluding hydrogens is 353 g/mol. The van der Waals surface area contributed by atoms with Crippen LogP contribution in [-0.4, -0.2) is 19.5 Å². The zero-order valence-electron chi connectivity index (χ0n) is 13.2. The molecule has 0 saturated heterocycles. The zero-order valence-corrected chi connectivity index (χ0v) is 13.2. The summed E-state index contributed by atoms with van der Waals surface area (Å²) in [6.45, 7) is 0. The minimum atomic E-state index is -4.49. The molecule has 134 valence electrons. The normalized spacial score (nSPS) is 12.2. The first-order valence-corrected chi connectivity index (χ1v) is 7.25. The molecular formula is C16H11F3N4O3. The van der Waals surface area contributed by atoms with Crippen molar-refractivity contribution in [3.8, 4) is 0 Å². The van der Waals surface area contributed by atoms with Crippen molar-refractivity contribution in [3.05, 3.63) is 72.3 Å². The summed E-state index contributed by atoms with van der Waals surface area (Å²) >= 11 is 0. The molecule has 0 aliphatic heterocycles. The molecule has 0 aliphatic carbocycles. The number of rotatable bonds is 2. The number of H-pyrrole nitrogens is 2. The second kappa shape index (κ2) is 6.14. The van der Waals surface area contributed by atoms with Crippen LogP contribution in [0.1, 0.15) is 16.8 Å². The third kappa shape index (κ3) is 3.21. The second-order valence-corrected chi connectivity index (χ2v) is 5.42. The van der Waals surface area contributed by atoms with Gasteiger partial charge in [-0.05, 0) is 23.8 Å². The van der Waals surface area contributed by atoms with Crippen LogP contribution in [0.15, 0.2) is 38.6 Å². The summed E-state index contributed by atoms with van der Waals surface area (Å²) < 4.78 is 39.2. The first kappa shape index (κ1) is 17.4. The molecule has 0 atom stereocenters. The fourth-order valence-corrected chi connectivity index (χ4v) is 2.30. The SMILES string of the molecule is Cn1c(=O)[nH]c(=O)c2nc(/C=C/c3cccc(C(F)(F)F)c3)c(=O)[nH]c21. The Balaban J connectivity index is 2.09. The standard InChI is InChI=1S/C16H11F3N4O3/c1-23-12-11(14(25)22-15(23)26)20-10(13(24)21-12)6-5-8-3-2-4-9(7-8)16(17,18)19/h2-7H,1H3,(H,21,24)(H,22,25,26)/b6-5+. The summed E-state index contributed by atoms with van der Waals surface area (Å²) in [5.41, 5.74) is -3.22. The van der Waals surface area contributed by atoms with E-state index in [-0.39, 0.29) is 22.4 Å². The molecule has 0 fully saturated rings. The number of nitrogens with one attached hydrogen (secondary N) is 2. The summed E-state index contributed by atoms with van der Waals surface area (Å²) in [6.07, 6.45) is -2.02. The number of aromatic amines is 2. The highest BCUT2D eigenvalue weighted by Crippen LogP contribution is 2.29. The number of fused-ring (bicyclic) bond motifs is 1. The third-order valence-electron chi connectivity index (χ3n) is 3.64. The molecule has 26 heavy (non-hydrogen) atoms. The van der Waals surface area contributed by atoms with Gasteiger partial charge in [-0.25, -0.2) is 9.78 Å². The van der Waals surface area contributed by atoms with Gasteiger partial charge in [0.15, 0.2) is 5.52 Å². The van der Waals surface area contributed by atoms with Crippen molar-refractivity contribution in [3.63, 3.8) is 0 Å². The van der Waals surface area contributed by atoms with Crippen molar-refractivity contribution >= 4 is 23.3 Å². The highest BCUT2D eigenvalue weighted by molar-refractivity contribution is 5.73. The maximum absolute atomic E-state index is 12.7. The lowest BCUT2D eigenvalue weighted by atomic mass is 10.1. The predicted octanol–water partition coefficient (Wildman–Crippen LogP) is 1.50. The second-order valence-electron chi connectivity index (χ2n) is 5.42. The van der Waals surface area contributed by atoms with Crippen LogP contribution in [0.5, 0.6) is 0 Å². The predicted molar refractivity (Wildman–Crippen MR) is 88.6 cm³/mol. The molecule has 0 bridgehead atoms. The van der Waals surface area contributed by atoms with Crippen molar-refractivity contribution in [1.29, 1.82) is 0 Å². The highest BCUT2D eigenvalue weighted by atomic mass is 19.4. The van der Waals surface area contributed by atoms with Gasteiger partial charge in [-0.1, -0.05) is 18.2 Å². The van der Waals surface area contributed by atoms with E-state index in [1.165, 1.54) is 31.3 Å². The lowest BCUT2D eigenvalue weighted by molar-refractivity contribution is -0.137. The molecule has 0 radical (unpaired) electrons. The molecule has 1 aromatic carbocycles. The van der Waals surface area contributed by atoms with Crippen LogP contribution in [0.4, 0.5) is 13.2 Å². The molecule has 2 N–H and O–H groups in total. The van der Waals surface area contributed by atoms with E-state index in [9.17, 15) is 27.6 Å². The van der Waals surface area contributed by atoms with Crippen LogP contribution in [-0.2, 0) is 13.2 Å². The van der Waals surface area contributed by atoms with Crippen molar-refractivity contribution in [2.75, 3.05) is 0 Å². The number of hydrogen-bond donors (Lipinski definition) is 2. The van der Waals surface area contributed by atoms with Crippen LogP contribution in [0.25, 0.3) is 23.3 Å². The molecule has 3 aromatic rings. The fraction of sp³-hybridized carbons (Fsp3) is 0.125. The van der Waals surface area contributed by atoms with E-state index in [1.807, 2.05) is 4.98 Å². The number of aryl methyl sites for hydroxylation is 1. The Labute approximate surface area is 142 Å². The molecule has 3 rings (SSSR count). The van der Waals surface area contributed by atoms with Gasteiger partial charge in [0.2, 0.25) is 0 Å². The number of nitrogens with zero attached hydrogens (tertiary/aromatic N) is 2. The number of halogens is 3. The van der Waals surface area contributed by atoms with E-state index in [2.05, 4.69) is 9.97 Å². The van der Waals surface area contributed by atoms with E-state index in [0.29, 0.717) is 0 Å². The minimum absolute atomic E-state index is 0.0556. The van der Waals surface area contributed by atoms with Gasteiger partial charge in [-0.15, -0.1) is 0 Å². The summed E-state index contributed by atoms with van der Waals surface area (Å²) in [6, 6.07) is 4.51. The topological polar surface area (TPSA) is 101 Å². The van der Waals surface area contributed by atoms with Crippen LogP contribution in [0, 0.1) is 0 Å². The lowest BCUT2D eigenvalue weighted by Crippen LogP contribution is -2.31. The molecule has 0 spiro atoms. The number of aromatic nitrogens is 4. The van der Waals surface area contributed by atoms with E-state index >= 15 is 0 Å². The average molecular weight is 364 g/mol. The number of alkyl halides is 3.